The van der Waals surface area contributed by atoms with Gasteiger partial charge in [0.25, 0.3) is 0 Å². The molecule has 5 heteroatoms. The zero-order chi connectivity index (χ0) is 10.5. The van der Waals surface area contributed by atoms with Crippen molar-refractivity contribution >= 4 is 6.09 Å². The summed E-state index contributed by atoms with van der Waals surface area (Å²) in [5.41, 5.74) is 4.73. The van der Waals surface area contributed by atoms with E-state index in [9.17, 15) is 4.79 Å². The first-order valence-electron chi connectivity index (χ1n) is 3.97. The van der Waals surface area contributed by atoms with Crippen LogP contribution in [0.3, 0.4) is 0 Å². The number of nitriles is 1. The highest BCUT2D eigenvalue weighted by Crippen LogP contribution is 2.05. The summed E-state index contributed by atoms with van der Waals surface area (Å²) < 4.78 is 4.92. The Hall–Kier alpha value is -1.28. The second-order valence-corrected chi connectivity index (χ2v) is 3.62. The number of hydrogen-bond donors (Lipinski definition) is 2. The first-order valence-corrected chi connectivity index (χ1v) is 3.97. The number of amides is 1. The Morgan fingerprint density at radius 2 is 2.23 bits per heavy atom. The molecular formula is C8H15N3O2. The number of alkyl carbamates (subject to hydrolysis) is 1. The summed E-state index contributed by atoms with van der Waals surface area (Å²) in [5.74, 6) is 0. The molecule has 1 unspecified atom stereocenters. The minimum atomic E-state index is -0.687. The third kappa shape index (κ3) is 7.09. The summed E-state index contributed by atoms with van der Waals surface area (Å²) in [4.78, 5) is 11.0. The van der Waals surface area contributed by atoms with Gasteiger partial charge in [0.05, 0.1) is 6.07 Å². The van der Waals surface area contributed by atoms with E-state index in [4.69, 9.17) is 15.7 Å². The molecule has 0 rings (SSSR count). The molecule has 0 heterocycles. The Morgan fingerprint density at radius 3 is 2.62 bits per heavy atom. The van der Waals surface area contributed by atoms with Gasteiger partial charge in [-0.25, -0.2) is 4.79 Å². The van der Waals surface area contributed by atoms with Crippen LogP contribution in [0.25, 0.3) is 0 Å². The molecule has 0 saturated carbocycles. The number of carbonyl (C=O) groups is 1. The van der Waals surface area contributed by atoms with Crippen LogP contribution < -0.4 is 11.1 Å². The summed E-state index contributed by atoms with van der Waals surface area (Å²) in [7, 11) is 0. The van der Waals surface area contributed by atoms with E-state index in [1.807, 2.05) is 0 Å². The van der Waals surface area contributed by atoms with Crippen LogP contribution in [0, 0.1) is 11.3 Å². The first kappa shape index (κ1) is 11.7. The largest absolute Gasteiger partial charge is 0.444 e. The summed E-state index contributed by atoms with van der Waals surface area (Å²) in [6.45, 7) is 5.38. The van der Waals surface area contributed by atoms with Crippen molar-refractivity contribution in [1.82, 2.24) is 5.32 Å². The molecule has 0 aliphatic carbocycles. The summed E-state index contributed by atoms with van der Waals surface area (Å²) >= 11 is 0. The van der Waals surface area contributed by atoms with Crippen molar-refractivity contribution in [2.45, 2.75) is 32.4 Å². The van der Waals surface area contributed by atoms with Gasteiger partial charge in [-0.15, -0.1) is 0 Å². The Kier molecular flexibility index (Phi) is 4.21. The molecule has 1 atom stereocenters. The SMILES string of the molecule is CC(C)(C)OC(=O)NCC(N)C#N. The van der Waals surface area contributed by atoms with E-state index in [0.29, 0.717) is 0 Å². The maximum absolute atomic E-state index is 11.0. The third-order valence-corrected chi connectivity index (χ3v) is 1.03. The highest BCUT2D eigenvalue weighted by atomic mass is 16.6. The molecule has 0 aliphatic rings. The van der Waals surface area contributed by atoms with Gasteiger partial charge >= 0.3 is 6.09 Å². The van der Waals surface area contributed by atoms with E-state index in [2.05, 4.69) is 5.32 Å². The number of nitrogens with zero attached hydrogens (tertiary/aromatic N) is 1. The molecule has 0 bridgehead atoms. The average molecular weight is 185 g/mol. The standard InChI is InChI=1S/C8H15N3O2/c1-8(2,3)13-7(12)11-5-6(10)4-9/h6H,5,10H2,1-3H3,(H,11,12). The number of ether oxygens (including phenoxy) is 1. The lowest BCUT2D eigenvalue weighted by atomic mass is 10.2. The van der Waals surface area contributed by atoms with Crippen molar-refractivity contribution in [2.75, 3.05) is 6.54 Å². The number of rotatable bonds is 2. The van der Waals surface area contributed by atoms with E-state index >= 15 is 0 Å². The smallest absolute Gasteiger partial charge is 0.407 e. The van der Waals surface area contributed by atoms with Gasteiger partial charge < -0.3 is 15.8 Å². The van der Waals surface area contributed by atoms with Crippen molar-refractivity contribution in [3.63, 3.8) is 0 Å². The van der Waals surface area contributed by atoms with Crippen LogP contribution in [0.2, 0.25) is 0 Å². The molecule has 0 saturated heterocycles. The lowest BCUT2D eigenvalue weighted by Gasteiger charge is -2.19. The second kappa shape index (κ2) is 4.67. The van der Waals surface area contributed by atoms with Crippen LogP contribution in [0.5, 0.6) is 0 Å². The van der Waals surface area contributed by atoms with Crippen LogP contribution in [0.4, 0.5) is 4.79 Å². The average Bonchev–Trinajstić information content (AvgIpc) is 1.97. The second-order valence-electron chi connectivity index (χ2n) is 3.62. The molecule has 1 amide bonds. The zero-order valence-electron chi connectivity index (χ0n) is 8.13. The third-order valence-electron chi connectivity index (χ3n) is 1.03. The molecule has 3 N–H and O–H groups in total. The van der Waals surface area contributed by atoms with Gasteiger partial charge in [-0.1, -0.05) is 0 Å². The van der Waals surface area contributed by atoms with E-state index in [1.54, 1.807) is 26.8 Å². The van der Waals surface area contributed by atoms with Crippen molar-refractivity contribution in [2.24, 2.45) is 5.73 Å². The molecule has 0 spiro atoms. The molecule has 0 aromatic heterocycles. The molecule has 0 aromatic rings. The van der Waals surface area contributed by atoms with Crippen LogP contribution in [-0.4, -0.2) is 24.3 Å². The fraction of sp³-hybridized carbons (Fsp3) is 0.750. The van der Waals surface area contributed by atoms with E-state index in [-0.39, 0.29) is 6.54 Å². The van der Waals surface area contributed by atoms with Crippen LogP contribution in [0.1, 0.15) is 20.8 Å². The number of carbonyl (C=O) groups excluding carboxylic acids is 1. The van der Waals surface area contributed by atoms with Crippen LogP contribution in [-0.2, 0) is 4.74 Å². The van der Waals surface area contributed by atoms with Crippen LogP contribution >= 0.6 is 0 Å². The Bertz CT molecular complexity index is 214. The zero-order valence-corrected chi connectivity index (χ0v) is 8.13. The molecule has 0 aliphatic heterocycles. The van der Waals surface area contributed by atoms with Gasteiger partial charge in [0.2, 0.25) is 0 Å². The summed E-state index contributed by atoms with van der Waals surface area (Å²) in [5, 5.41) is 10.7. The Morgan fingerprint density at radius 1 is 1.69 bits per heavy atom. The minimum absolute atomic E-state index is 0.103. The Labute approximate surface area is 77.9 Å². The highest BCUT2D eigenvalue weighted by molar-refractivity contribution is 5.67. The van der Waals surface area contributed by atoms with E-state index < -0.39 is 17.7 Å². The number of nitrogens with one attached hydrogen (secondary N) is 1. The molecule has 0 aromatic carbocycles. The van der Waals surface area contributed by atoms with Gasteiger partial charge in [0, 0.05) is 6.54 Å². The number of nitrogens with two attached hydrogens (primary N) is 1. The summed E-state index contributed by atoms with van der Waals surface area (Å²) in [6.07, 6.45) is -0.557. The van der Waals surface area contributed by atoms with Crippen molar-refractivity contribution in [3.05, 3.63) is 0 Å². The monoisotopic (exact) mass is 185 g/mol. The maximum Gasteiger partial charge on any atom is 0.407 e. The first-order chi connectivity index (χ1) is 5.85. The maximum atomic E-state index is 11.0. The van der Waals surface area contributed by atoms with Crippen molar-refractivity contribution in [3.8, 4) is 6.07 Å². The topological polar surface area (TPSA) is 88.1 Å². The lowest BCUT2D eigenvalue weighted by molar-refractivity contribution is 0.0527. The predicted octanol–water partition coefficient (Wildman–Crippen LogP) is 0.362. The normalized spacial score (nSPS) is 12.8. The number of hydrogen-bond acceptors (Lipinski definition) is 4. The van der Waals surface area contributed by atoms with Gasteiger partial charge in [-0.3, -0.25) is 0 Å². The van der Waals surface area contributed by atoms with Gasteiger partial charge in [0.1, 0.15) is 11.6 Å². The molecule has 5 nitrogen and oxygen atoms in total. The molecule has 13 heavy (non-hydrogen) atoms. The minimum Gasteiger partial charge on any atom is -0.444 e. The van der Waals surface area contributed by atoms with E-state index in [0.717, 1.165) is 0 Å². The highest BCUT2D eigenvalue weighted by Gasteiger charge is 2.16. The predicted molar refractivity (Wildman–Crippen MR) is 47.8 cm³/mol. The molecule has 0 fully saturated rings. The molecule has 74 valence electrons. The molecule has 0 radical (unpaired) electrons. The Balaban J connectivity index is 3.72. The van der Waals surface area contributed by atoms with Crippen molar-refractivity contribution < 1.29 is 9.53 Å². The van der Waals surface area contributed by atoms with Gasteiger partial charge in [-0.2, -0.15) is 5.26 Å². The van der Waals surface area contributed by atoms with Gasteiger partial charge in [0.15, 0.2) is 0 Å². The summed E-state index contributed by atoms with van der Waals surface area (Å²) in [6, 6.07) is 1.10. The fourth-order valence-corrected chi connectivity index (χ4v) is 0.553. The lowest BCUT2D eigenvalue weighted by Crippen LogP contribution is -2.39. The van der Waals surface area contributed by atoms with Gasteiger partial charge in [-0.05, 0) is 20.8 Å². The molecular weight excluding hydrogens is 170 g/mol. The fourth-order valence-electron chi connectivity index (χ4n) is 0.553. The quantitative estimate of drug-likeness (QED) is 0.650. The van der Waals surface area contributed by atoms with Crippen molar-refractivity contribution in [1.29, 1.82) is 5.26 Å². The van der Waals surface area contributed by atoms with E-state index in [1.165, 1.54) is 0 Å². The van der Waals surface area contributed by atoms with Crippen LogP contribution in [0.15, 0.2) is 0 Å².